The largest absolute Gasteiger partial charge is 0.495 e. The third kappa shape index (κ3) is 4.36. The van der Waals surface area contributed by atoms with Gasteiger partial charge in [-0.2, -0.15) is 0 Å². The van der Waals surface area contributed by atoms with Crippen molar-refractivity contribution < 1.29 is 14.3 Å². The molecule has 0 spiro atoms. The average Bonchev–Trinajstić information content (AvgIpc) is 3.20. The maximum absolute atomic E-state index is 12.9. The van der Waals surface area contributed by atoms with Crippen molar-refractivity contribution in [2.24, 2.45) is 0 Å². The number of hydrogen-bond acceptors (Lipinski definition) is 4. The molecule has 1 heterocycles. The Morgan fingerprint density at radius 2 is 1.88 bits per heavy atom. The summed E-state index contributed by atoms with van der Waals surface area (Å²) in [7, 11) is 1.61. The minimum Gasteiger partial charge on any atom is -0.495 e. The Kier molecular flexibility index (Phi) is 6.51. The van der Waals surface area contributed by atoms with E-state index in [1.54, 1.807) is 23.8 Å². The molecule has 0 radical (unpaired) electrons. The fourth-order valence-corrected chi connectivity index (χ4v) is 5.02. The number of thioether (sulfide) groups is 1. The monoisotopic (exact) mass is 446 g/mol. The van der Waals surface area contributed by atoms with Crippen molar-refractivity contribution in [3.63, 3.8) is 0 Å². The van der Waals surface area contributed by atoms with Gasteiger partial charge in [-0.25, -0.2) is 0 Å². The number of nitrogens with one attached hydrogen (secondary N) is 1. The first-order valence-corrected chi connectivity index (χ1v) is 11.6. The van der Waals surface area contributed by atoms with E-state index in [0.29, 0.717) is 22.8 Å². The van der Waals surface area contributed by atoms with Crippen molar-refractivity contribution in [1.29, 1.82) is 0 Å². The highest BCUT2D eigenvalue weighted by atomic mass is 32.2. The van der Waals surface area contributed by atoms with Crippen LogP contribution in [0.1, 0.15) is 39.3 Å². The summed E-state index contributed by atoms with van der Waals surface area (Å²) >= 11 is 1.54. The Morgan fingerprint density at radius 1 is 1.12 bits per heavy atom. The van der Waals surface area contributed by atoms with Crippen LogP contribution >= 0.6 is 11.8 Å². The number of para-hydroxylation sites is 1. The number of methoxy groups -OCH3 is 1. The van der Waals surface area contributed by atoms with Gasteiger partial charge in [0.1, 0.15) is 11.1 Å². The minimum absolute atomic E-state index is 0.0141. The first kappa shape index (κ1) is 22.0. The molecule has 1 saturated heterocycles. The first-order valence-electron chi connectivity index (χ1n) is 10.6. The number of carbonyl (C=O) groups is 2. The zero-order valence-corrected chi connectivity index (χ0v) is 19.2. The van der Waals surface area contributed by atoms with Crippen LogP contribution in [0.5, 0.6) is 5.75 Å². The van der Waals surface area contributed by atoms with Gasteiger partial charge in [0.2, 0.25) is 5.91 Å². The second kappa shape index (κ2) is 9.49. The molecule has 5 nitrogen and oxygen atoms in total. The molecule has 0 bridgehead atoms. The average molecular weight is 447 g/mol. The zero-order chi connectivity index (χ0) is 22.7. The van der Waals surface area contributed by atoms with E-state index >= 15 is 0 Å². The Bertz CT molecular complexity index is 1140. The summed E-state index contributed by atoms with van der Waals surface area (Å²) in [6.07, 6.45) is 0.927. The van der Waals surface area contributed by atoms with Crippen LogP contribution in [-0.2, 0) is 11.2 Å². The molecule has 3 aromatic carbocycles. The summed E-state index contributed by atoms with van der Waals surface area (Å²) in [4.78, 5) is 27.6. The molecule has 1 fully saturated rings. The smallest absolute Gasteiger partial charge is 0.255 e. The molecule has 1 atom stereocenters. The lowest BCUT2D eigenvalue weighted by atomic mass is 10.1. The summed E-state index contributed by atoms with van der Waals surface area (Å²) in [5.74, 6) is 0.853. The Balaban J connectivity index is 1.67. The summed E-state index contributed by atoms with van der Waals surface area (Å²) < 4.78 is 5.54. The summed E-state index contributed by atoms with van der Waals surface area (Å²) in [5, 5.41) is 2.78. The van der Waals surface area contributed by atoms with Gasteiger partial charge in [-0.05, 0) is 54.8 Å². The molecule has 164 valence electrons. The number of benzene rings is 3. The number of aryl methyl sites for hydroxylation is 2. The van der Waals surface area contributed by atoms with Gasteiger partial charge in [-0.3, -0.25) is 14.5 Å². The van der Waals surface area contributed by atoms with Crippen LogP contribution in [-0.4, -0.2) is 24.7 Å². The van der Waals surface area contributed by atoms with Crippen LogP contribution in [0, 0.1) is 6.92 Å². The maximum atomic E-state index is 12.9. The molecule has 0 unspecified atom stereocenters. The van der Waals surface area contributed by atoms with Crippen LogP contribution in [0.25, 0.3) is 0 Å². The number of hydrogen-bond donors (Lipinski definition) is 1. The molecule has 32 heavy (non-hydrogen) atoms. The normalized spacial score (nSPS) is 15.7. The predicted octanol–water partition coefficient (Wildman–Crippen LogP) is 5.60. The van der Waals surface area contributed by atoms with E-state index in [1.807, 2.05) is 73.7 Å². The van der Waals surface area contributed by atoms with Crippen molar-refractivity contribution in [3.8, 4) is 5.75 Å². The Morgan fingerprint density at radius 3 is 2.59 bits per heavy atom. The second-order valence-corrected chi connectivity index (χ2v) is 8.76. The summed E-state index contributed by atoms with van der Waals surface area (Å²) in [6.45, 7) is 4.07. The van der Waals surface area contributed by atoms with E-state index in [-0.39, 0.29) is 17.2 Å². The van der Waals surface area contributed by atoms with Gasteiger partial charge in [0.05, 0.1) is 18.6 Å². The third-order valence-electron chi connectivity index (χ3n) is 5.56. The fraction of sp³-hybridized carbons (Fsp3) is 0.231. The van der Waals surface area contributed by atoms with Gasteiger partial charge in [-0.1, -0.05) is 43.3 Å². The first-order chi connectivity index (χ1) is 15.5. The van der Waals surface area contributed by atoms with Crippen molar-refractivity contribution in [2.45, 2.75) is 25.6 Å². The highest BCUT2D eigenvalue weighted by Crippen LogP contribution is 2.46. The molecular weight excluding hydrogens is 420 g/mol. The molecule has 0 saturated carbocycles. The molecule has 1 N–H and O–H groups in total. The molecule has 0 aliphatic carbocycles. The van der Waals surface area contributed by atoms with Crippen molar-refractivity contribution in [1.82, 2.24) is 0 Å². The summed E-state index contributed by atoms with van der Waals surface area (Å²) in [5.41, 5.74) is 5.14. The zero-order valence-electron chi connectivity index (χ0n) is 18.4. The van der Waals surface area contributed by atoms with Gasteiger partial charge in [0, 0.05) is 16.8 Å². The van der Waals surface area contributed by atoms with E-state index in [2.05, 4.69) is 12.2 Å². The van der Waals surface area contributed by atoms with Crippen molar-refractivity contribution >= 4 is 35.0 Å². The van der Waals surface area contributed by atoms with Crippen molar-refractivity contribution in [3.05, 3.63) is 89.0 Å². The van der Waals surface area contributed by atoms with E-state index in [0.717, 1.165) is 23.2 Å². The van der Waals surface area contributed by atoms with Gasteiger partial charge >= 0.3 is 0 Å². The van der Waals surface area contributed by atoms with E-state index in [9.17, 15) is 9.59 Å². The molecule has 3 aromatic rings. The van der Waals surface area contributed by atoms with Crippen molar-refractivity contribution in [2.75, 3.05) is 23.1 Å². The van der Waals surface area contributed by atoms with Crippen LogP contribution in [0.2, 0.25) is 0 Å². The molecule has 0 aromatic heterocycles. The number of amides is 2. The number of ether oxygens (including phenoxy) is 1. The molecular formula is C26H26N2O3S. The van der Waals surface area contributed by atoms with Gasteiger partial charge in [0.15, 0.2) is 0 Å². The van der Waals surface area contributed by atoms with E-state index in [4.69, 9.17) is 4.74 Å². The lowest BCUT2D eigenvalue weighted by molar-refractivity contribution is -0.115. The minimum atomic E-state index is -0.267. The number of anilines is 2. The quantitative estimate of drug-likeness (QED) is 0.536. The molecule has 1 aliphatic heterocycles. The molecule has 4 rings (SSSR count). The Labute approximate surface area is 192 Å². The van der Waals surface area contributed by atoms with E-state index in [1.165, 1.54) is 5.56 Å². The summed E-state index contributed by atoms with van der Waals surface area (Å²) in [6, 6.07) is 21.1. The maximum Gasteiger partial charge on any atom is 0.255 e. The Hall–Kier alpha value is -3.25. The van der Waals surface area contributed by atoms with Gasteiger partial charge in [-0.15, -0.1) is 11.8 Å². The third-order valence-corrected chi connectivity index (χ3v) is 6.76. The highest BCUT2D eigenvalue weighted by Gasteiger charge is 2.37. The van der Waals surface area contributed by atoms with Crippen LogP contribution in [0.3, 0.4) is 0 Å². The topological polar surface area (TPSA) is 58.6 Å². The van der Waals surface area contributed by atoms with E-state index < -0.39 is 0 Å². The standard InChI is InChI=1S/C26H26N2O3S/c1-4-18-10-12-19(13-11-18)25(30)27-21-8-6-5-7-20(21)26-28(24(29)16-32-26)22-15-17(2)9-14-23(22)31-3/h5-15,26H,4,16H2,1-3H3,(H,27,30)/t26-/m1/s1. The predicted molar refractivity (Wildman–Crippen MR) is 131 cm³/mol. The second-order valence-electron chi connectivity index (χ2n) is 7.69. The number of nitrogens with zero attached hydrogens (tertiary/aromatic N) is 1. The number of carbonyl (C=O) groups excluding carboxylic acids is 2. The molecule has 1 aliphatic rings. The molecule has 6 heteroatoms. The number of rotatable bonds is 6. The highest BCUT2D eigenvalue weighted by molar-refractivity contribution is 8.00. The van der Waals surface area contributed by atoms with Crippen LogP contribution < -0.4 is 15.0 Å². The van der Waals surface area contributed by atoms with Gasteiger partial charge in [0.25, 0.3) is 5.91 Å². The van der Waals surface area contributed by atoms with Crippen LogP contribution in [0.15, 0.2) is 66.7 Å². The molecule has 2 amide bonds. The van der Waals surface area contributed by atoms with Gasteiger partial charge < -0.3 is 10.1 Å². The lowest BCUT2D eigenvalue weighted by Gasteiger charge is -2.27. The van der Waals surface area contributed by atoms with Crippen LogP contribution in [0.4, 0.5) is 11.4 Å². The fourth-order valence-electron chi connectivity index (χ4n) is 3.82. The SMILES string of the molecule is CCc1ccc(C(=O)Nc2ccccc2[C@H]2SCC(=O)N2c2cc(C)ccc2OC)cc1. The lowest BCUT2D eigenvalue weighted by Crippen LogP contribution is -2.29.